The molecule has 0 aromatic heterocycles. The van der Waals surface area contributed by atoms with Crippen molar-refractivity contribution in [3.05, 3.63) is 33.8 Å². The predicted octanol–water partition coefficient (Wildman–Crippen LogP) is 5.10. The maximum absolute atomic E-state index is 6.07. The van der Waals surface area contributed by atoms with Crippen LogP contribution in [0.5, 0.6) is 0 Å². The quantitative estimate of drug-likeness (QED) is 0.678. The molecule has 0 heterocycles. The lowest BCUT2D eigenvalue weighted by molar-refractivity contribution is 0.746. The van der Waals surface area contributed by atoms with Crippen LogP contribution in [0.2, 0.25) is 10.0 Å². The van der Waals surface area contributed by atoms with E-state index in [2.05, 4.69) is 22.9 Å². The van der Waals surface area contributed by atoms with Gasteiger partial charge in [0, 0.05) is 4.83 Å². The van der Waals surface area contributed by atoms with Crippen LogP contribution in [0.4, 0.5) is 0 Å². The van der Waals surface area contributed by atoms with Crippen molar-refractivity contribution in [1.82, 2.24) is 0 Å². The maximum atomic E-state index is 6.07. The Morgan fingerprint density at radius 2 is 2.07 bits per heavy atom. The van der Waals surface area contributed by atoms with Crippen molar-refractivity contribution in [3.63, 3.8) is 0 Å². The average molecular weight is 296 g/mol. The molecule has 1 rings (SSSR count). The van der Waals surface area contributed by atoms with Crippen molar-refractivity contribution in [1.29, 1.82) is 0 Å². The van der Waals surface area contributed by atoms with Crippen LogP contribution in [0.15, 0.2) is 18.2 Å². The van der Waals surface area contributed by atoms with Crippen LogP contribution in [-0.4, -0.2) is 4.83 Å². The highest BCUT2D eigenvalue weighted by molar-refractivity contribution is 9.09. The molecule has 0 saturated carbocycles. The van der Waals surface area contributed by atoms with Gasteiger partial charge in [-0.15, -0.1) is 0 Å². The molecule has 1 atom stereocenters. The van der Waals surface area contributed by atoms with Gasteiger partial charge < -0.3 is 0 Å². The van der Waals surface area contributed by atoms with Gasteiger partial charge in [-0.3, -0.25) is 0 Å². The number of rotatable bonds is 4. The molecule has 14 heavy (non-hydrogen) atoms. The van der Waals surface area contributed by atoms with Gasteiger partial charge in [-0.25, -0.2) is 0 Å². The summed E-state index contributed by atoms with van der Waals surface area (Å²) in [6.45, 7) is 2.17. The first-order chi connectivity index (χ1) is 6.65. The van der Waals surface area contributed by atoms with Crippen molar-refractivity contribution >= 4 is 39.1 Å². The van der Waals surface area contributed by atoms with Crippen LogP contribution in [0, 0.1) is 0 Å². The van der Waals surface area contributed by atoms with E-state index in [-0.39, 0.29) is 0 Å². The van der Waals surface area contributed by atoms with E-state index in [1.54, 1.807) is 0 Å². The third kappa shape index (κ3) is 3.45. The zero-order chi connectivity index (χ0) is 10.6. The van der Waals surface area contributed by atoms with Gasteiger partial charge in [0.25, 0.3) is 0 Å². The molecule has 0 radical (unpaired) electrons. The number of hydrogen-bond acceptors (Lipinski definition) is 0. The summed E-state index contributed by atoms with van der Waals surface area (Å²) in [5, 5.41) is 1.34. The highest BCUT2D eigenvalue weighted by atomic mass is 79.9. The molecule has 0 saturated heterocycles. The Kier molecular flexibility index (Phi) is 5.29. The smallest absolute Gasteiger partial charge is 0.0624 e. The number of hydrogen-bond donors (Lipinski definition) is 0. The molecule has 3 heteroatoms. The molecule has 0 amide bonds. The molecule has 1 unspecified atom stereocenters. The molecule has 78 valence electrons. The largest absolute Gasteiger partial charge is 0.0891 e. The van der Waals surface area contributed by atoms with E-state index < -0.39 is 0 Å². The van der Waals surface area contributed by atoms with Gasteiger partial charge in [-0.05, 0) is 30.9 Å². The number of alkyl halides is 1. The molecule has 0 bridgehead atoms. The zero-order valence-electron chi connectivity index (χ0n) is 8.06. The lowest BCUT2D eigenvalue weighted by atomic mass is 10.1. The molecule has 0 aliphatic carbocycles. The Hall–Kier alpha value is 0.280. The lowest BCUT2D eigenvalue weighted by Crippen LogP contribution is -1.98. The Morgan fingerprint density at radius 3 is 2.71 bits per heavy atom. The topological polar surface area (TPSA) is 0 Å². The van der Waals surface area contributed by atoms with Crippen LogP contribution in [0.1, 0.15) is 25.3 Å². The van der Waals surface area contributed by atoms with Crippen LogP contribution in [-0.2, 0) is 6.42 Å². The molecule has 1 aromatic rings. The van der Waals surface area contributed by atoms with Crippen molar-refractivity contribution in [3.8, 4) is 0 Å². The second-order valence-corrected chi connectivity index (χ2v) is 5.34. The van der Waals surface area contributed by atoms with Gasteiger partial charge in [0.15, 0.2) is 0 Å². The molecule has 0 N–H and O–H groups in total. The number of benzene rings is 1. The number of halogens is 3. The Morgan fingerprint density at radius 1 is 1.36 bits per heavy atom. The maximum Gasteiger partial charge on any atom is 0.0624 e. The summed E-state index contributed by atoms with van der Waals surface area (Å²) in [5.74, 6) is 0. The van der Waals surface area contributed by atoms with E-state index in [1.165, 1.54) is 0 Å². The van der Waals surface area contributed by atoms with Crippen LogP contribution >= 0.6 is 39.1 Å². The normalized spacial score (nSPS) is 12.9. The summed E-state index contributed by atoms with van der Waals surface area (Å²) in [7, 11) is 0. The van der Waals surface area contributed by atoms with Gasteiger partial charge in [0.2, 0.25) is 0 Å². The second-order valence-electron chi connectivity index (χ2n) is 3.26. The van der Waals surface area contributed by atoms with Crippen LogP contribution in [0.25, 0.3) is 0 Å². The van der Waals surface area contributed by atoms with Crippen LogP contribution < -0.4 is 0 Å². The van der Waals surface area contributed by atoms with Gasteiger partial charge in [0.1, 0.15) is 0 Å². The summed E-state index contributed by atoms with van der Waals surface area (Å²) in [4.78, 5) is 0.567. The van der Waals surface area contributed by atoms with Gasteiger partial charge in [0.05, 0.1) is 10.0 Å². The Balaban J connectivity index is 2.63. The molecule has 0 aliphatic rings. The lowest BCUT2D eigenvalue weighted by Gasteiger charge is -2.08. The zero-order valence-corrected chi connectivity index (χ0v) is 11.2. The first kappa shape index (κ1) is 12.4. The molecular weight excluding hydrogens is 283 g/mol. The van der Waals surface area contributed by atoms with E-state index >= 15 is 0 Å². The van der Waals surface area contributed by atoms with E-state index in [1.807, 2.05) is 18.2 Å². The van der Waals surface area contributed by atoms with Gasteiger partial charge in [-0.1, -0.05) is 58.2 Å². The minimum atomic E-state index is 0.567. The molecule has 0 nitrogen and oxygen atoms in total. The standard InChI is InChI=1S/C11H13BrCl2/c1-2-9(12)7-6-8-4-3-5-10(13)11(8)14/h3-5,9H,2,6-7H2,1H3. The molecule has 0 fully saturated rings. The van der Waals surface area contributed by atoms with E-state index in [4.69, 9.17) is 23.2 Å². The van der Waals surface area contributed by atoms with Gasteiger partial charge >= 0.3 is 0 Å². The first-order valence-electron chi connectivity index (χ1n) is 4.72. The Labute approximate surface area is 104 Å². The summed E-state index contributed by atoms with van der Waals surface area (Å²) in [5.41, 5.74) is 1.14. The minimum absolute atomic E-state index is 0.567. The SMILES string of the molecule is CCC(Br)CCc1cccc(Cl)c1Cl. The fourth-order valence-electron chi connectivity index (χ4n) is 1.26. The molecule has 1 aromatic carbocycles. The van der Waals surface area contributed by atoms with Crippen molar-refractivity contribution in [2.45, 2.75) is 31.0 Å². The Bertz CT molecular complexity index is 299. The monoisotopic (exact) mass is 294 g/mol. The number of aryl methyl sites for hydroxylation is 1. The summed E-state index contributed by atoms with van der Waals surface area (Å²) < 4.78 is 0. The second kappa shape index (κ2) is 5.99. The average Bonchev–Trinajstić information content (AvgIpc) is 2.20. The van der Waals surface area contributed by atoms with E-state index in [0.29, 0.717) is 14.9 Å². The molecular formula is C11H13BrCl2. The van der Waals surface area contributed by atoms with E-state index in [9.17, 15) is 0 Å². The highest BCUT2D eigenvalue weighted by Crippen LogP contribution is 2.27. The van der Waals surface area contributed by atoms with Gasteiger partial charge in [-0.2, -0.15) is 0 Å². The fraction of sp³-hybridized carbons (Fsp3) is 0.455. The summed E-state index contributed by atoms with van der Waals surface area (Å²) >= 11 is 15.6. The van der Waals surface area contributed by atoms with Crippen molar-refractivity contribution < 1.29 is 0 Å². The van der Waals surface area contributed by atoms with E-state index in [0.717, 1.165) is 24.8 Å². The molecule has 0 aliphatic heterocycles. The first-order valence-corrected chi connectivity index (χ1v) is 6.39. The highest BCUT2D eigenvalue weighted by Gasteiger charge is 2.06. The fourth-order valence-corrected chi connectivity index (χ4v) is 1.90. The van der Waals surface area contributed by atoms with Crippen LogP contribution in [0.3, 0.4) is 0 Å². The summed E-state index contributed by atoms with van der Waals surface area (Å²) in [6.07, 6.45) is 3.21. The minimum Gasteiger partial charge on any atom is -0.0891 e. The summed E-state index contributed by atoms with van der Waals surface area (Å²) in [6, 6.07) is 5.79. The molecule has 0 spiro atoms. The van der Waals surface area contributed by atoms with Crippen molar-refractivity contribution in [2.75, 3.05) is 0 Å². The third-order valence-corrected chi connectivity index (χ3v) is 4.16. The van der Waals surface area contributed by atoms with Crippen molar-refractivity contribution in [2.24, 2.45) is 0 Å². The third-order valence-electron chi connectivity index (χ3n) is 2.20. The predicted molar refractivity (Wildman–Crippen MR) is 67.8 cm³/mol.